The van der Waals surface area contributed by atoms with Gasteiger partial charge in [-0.2, -0.15) is 0 Å². The van der Waals surface area contributed by atoms with E-state index < -0.39 is 5.91 Å². The summed E-state index contributed by atoms with van der Waals surface area (Å²) in [5.41, 5.74) is 3.51. The van der Waals surface area contributed by atoms with Crippen LogP contribution in [0.25, 0.3) is 0 Å². The van der Waals surface area contributed by atoms with Crippen molar-refractivity contribution >= 4 is 23.3 Å². The first-order valence-corrected chi connectivity index (χ1v) is 7.51. The minimum Gasteiger partial charge on any atom is -0.309 e. The van der Waals surface area contributed by atoms with Crippen molar-refractivity contribution in [3.8, 4) is 0 Å². The lowest BCUT2D eigenvalue weighted by molar-refractivity contribution is 0.0706. The molecule has 0 bridgehead atoms. The van der Waals surface area contributed by atoms with Gasteiger partial charge in [-0.05, 0) is 42.8 Å². The topological polar surface area (TPSA) is 78.4 Å². The van der Waals surface area contributed by atoms with Crippen molar-refractivity contribution in [2.24, 2.45) is 0 Å². The van der Waals surface area contributed by atoms with Crippen LogP contribution in [0.2, 0.25) is 5.02 Å². The van der Waals surface area contributed by atoms with E-state index in [-0.39, 0.29) is 12.3 Å². The zero-order valence-electron chi connectivity index (χ0n) is 12.4. The number of amides is 1. The van der Waals surface area contributed by atoms with Crippen molar-refractivity contribution < 1.29 is 14.8 Å². The average Bonchev–Trinajstić information content (AvgIpc) is 2.58. The van der Waals surface area contributed by atoms with Crippen LogP contribution in [-0.2, 0) is 6.42 Å². The smallest absolute Gasteiger partial charge is 0.274 e. The van der Waals surface area contributed by atoms with E-state index in [9.17, 15) is 9.59 Å². The average molecular weight is 333 g/mol. The Morgan fingerprint density at radius 1 is 1.04 bits per heavy atom. The summed E-state index contributed by atoms with van der Waals surface area (Å²) in [5.74, 6) is -0.592. The molecule has 3 N–H and O–H groups in total. The van der Waals surface area contributed by atoms with Crippen molar-refractivity contribution in [3.63, 3.8) is 0 Å². The minimum atomic E-state index is -0.542. The normalized spacial score (nSPS) is 10.3. The molecular formula is C17H17ClN2O3. The third-order valence-electron chi connectivity index (χ3n) is 3.37. The van der Waals surface area contributed by atoms with Gasteiger partial charge in [0.25, 0.3) is 5.91 Å². The molecule has 120 valence electrons. The predicted octanol–water partition coefficient (Wildman–Crippen LogP) is 2.47. The Kier molecular flexibility index (Phi) is 6.29. The number of halogens is 1. The molecule has 0 heterocycles. The molecule has 0 fully saturated rings. The molecule has 0 aromatic heterocycles. The summed E-state index contributed by atoms with van der Waals surface area (Å²) in [4.78, 5) is 23.2. The second-order valence-electron chi connectivity index (χ2n) is 4.97. The number of hydroxylamine groups is 1. The molecule has 0 aliphatic carbocycles. The van der Waals surface area contributed by atoms with Crippen molar-refractivity contribution in [1.29, 1.82) is 0 Å². The molecule has 23 heavy (non-hydrogen) atoms. The van der Waals surface area contributed by atoms with Gasteiger partial charge in [-0.25, -0.2) is 5.48 Å². The van der Waals surface area contributed by atoms with Gasteiger partial charge in [0.05, 0.1) is 11.6 Å². The third kappa shape index (κ3) is 4.89. The summed E-state index contributed by atoms with van der Waals surface area (Å²) in [5, 5.41) is 12.1. The van der Waals surface area contributed by atoms with E-state index in [4.69, 9.17) is 16.8 Å². The first-order valence-electron chi connectivity index (χ1n) is 7.13. The molecule has 2 aromatic carbocycles. The molecule has 0 saturated carbocycles. The summed E-state index contributed by atoms with van der Waals surface area (Å²) >= 11 is 5.98. The molecule has 6 heteroatoms. The van der Waals surface area contributed by atoms with E-state index in [0.717, 1.165) is 12.0 Å². The number of rotatable bonds is 7. The van der Waals surface area contributed by atoms with Gasteiger partial charge in [0, 0.05) is 11.1 Å². The first kappa shape index (κ1) is 17.1. The first-order chi connectivity index (χ1) is 11.1. The van der Waals surface area contributed by atoms with Crippen LogP contribution < -0.4 is 10.8 Å². The summed E-state index contributed by atoms with van der Waals surface area (Å²) in [6.45, 7) is 0.844. The Bertz CT molecular complexity index is 686. The second-order valence-corrected chi connectivity index (χ2v) is 5.37. The zero-order chi connectivity index (χ0) is 16.7. The lowest BCUT2D eigenvalue weighted by Crippen LogP contribution is -2.25. The van der Waals surface area contributed by atoms with Crippen LogP contribution >= 0.6 is 11.6 Å². The van der Waals surface area contributed by atoms with Gasteiger partial charge in [0.1, 0.15) is 0 Å². The fourth-order valence-corrected chi connectivity index (χ4v) is 2.35. The van der Waals surface area contributed by atoms with Crippen molar-refractivity contribution in [3.05, 3.63) is 70.2 Å². The van der Waals surface area contributed by atoms with E-state index in [1.54, 1.807) is 41.9 Å². The molecule has 0 aliphatic heterocycles. The standard InChI is InChI=1S/C17H17ClN2O3/c18-15-4-2-1-3-14(15)16(21)11-19-10-9-12-5-7-13(8-6-12)17(22)20-23/h1-8,19,23H,9-11H2,(H,20,22). The van der Waals surface area contributed by atoms with E-state index in [0.29, 0.717) is 22.7 Å². The molecule has 0 aliphatic rings. The quantitative estimate of drug-likeness (QED) is 0.315. The number of carbonyl (C=O) groups is 2. The van der Waals surface area contributed by atoms with Crippen LogP contribution in [0, 0.1) is 0 Å². The number of Topliss-reactive ketones (excluding diaryl/α,β-unsaturated/α-hetero) is 1. The molecule has 1 amide bonds. The van der Waals surface area contributed by atoms with Gasteiger partial charge in [-0.15, -0.1) is 0 Å². The number of benzene rings is 2. The van der Waals surface area contributed by atoms with Gasteiger partial charge in [-0.3, -0.25) is 14.8 Å². The Hall–Kier alpha value is -2.21. The Balaban J connectivity index is 1.78. The van der Waals surface area contributed by atoms with Crippen LogP contribution in [0.15, 0.2) is 48.5 Å². The zero-order valence-corrected chi connectivity index (χ0v) is 13.1. The Labute approximate surface area is 139 Å². The number of carbonyl (C=O) groups excluding carboxylic acids is 2. The molecule has 0 radical (unpaired) electrons. The van der Waals surface area contributed by atoms with Crippen LogP contribution in [-0.4, -0.2) is 30.0 Å². The summed E-state index contributed by atoms with van der Waals surface area (Å²) in [7, 11) is 0. The largest absolute Gasteiger partial charge is 0.309 e. The van der Waals surface area contributed by atoms with Gasteiger partial charge in [0.2, 0.25) is 0 Å². The Morgan fingerprint density at radius 2 is 1.74 bits per heavy atom. The highest BCUT2D eigenvalue weighted by molar-refractivity contribution is 6.34. The molecule has 2 rings (SSSR count). The summed E-state index contributed by atoms with van der Waals surface area (Å²) in [6.07, 6.45) is 0.719. The monoisotopic (exact) mass is 332 g/mol. The Morgan fingerprint density at radius 3 is 2.39 bits per heavy atom. The van der Waals surface area contributed by atoms with Crippen molar-refractivity contribution in [1.82, 2.24) is 10.8 Å². The van der Waals surface area contributed by atoms with E-state index >= 15 is 0 Å². The van der Waals surface area contributed by atoms with Gasteiger partial charge in [0.15, 0.2) is 5.78 Å². The molecule has 0 unspecified atom stereocenters. The van der Waals surface area contributed by atoms with E-state index in [2.05, 4.69) is 5.32 Å². The van der Waals surface area contributed by atoms with Crippen LogP contribution in [0.4, 0.5) is 0 Å². The van der Waals surface area contributed by atoms with E-state index in [1.165, 1.54) is 0 Å². The highest BCUT2D eigenvalue weighted by atomic mass is 35.5. The number of hydrogen-bond acceptors (Lipinski definition) is 4. The van der Waals surface area contributed by atoms with Gasteiger partial charge < -0.3 is 5.32 Å². The lowest BCUT2D eigenvalue weighted by atomic mass is 10.1. The SMILES string of the molecule is O=C(NO)c1ccc(CCNCC(=O)c2ccccc2Cl)cc1. The van der Waals surface area contributed by atoms with Crippen molar-refractivity contribution in [2.45, 2.75) is 6.42 Å². The molecule has 0 atom stereocenters. The lowest BCUT2D eigenvalue weighted by Gasteiger charge is -2.06. The third-order valence-corrected chi connectivity index (χ3v) is 3.70. The van der Waals surface area contributed by atoms with Crippen LogP contribution in [0.5, 0.6) is 0 Å². The fraction of sp³-hybridized carbons (Fsp3) is 0.176. The fourth-order valence-electron chi connectivity index (χ4n) is 2.10. The summed E-state index contributed by atoms with van der Waals surface area (Å²) < 4.78 is 0. The highest BCUT2D eigenvalue weighted by Gasteiger charge is 2.08. The predicted molar refractivity (Wildman–Crippen MR) is 88.1 cm³/mol. The maximum Gasteiger partial charge on any atom is 0.274 e. The number of nitrogens with one attached hydrogen (secondary N) is 2. The highest BCUT2D eigenvalue weighted by Crippen LogP contribution is 2.15. The molecule has 5 nitrogen and oxygen atoms in total. The number of hydrogen-bond donors (Lipinski definition) is 3. The minimum absolute atomic E-state index is 0.0504. The molecule has 0 spiro atoms. The van der Waals surface area contributed by atoms with Gasteiger partial charge >= 0.3 is 0 Å². The molecular weight excluding hydrogens is 316 g/mol. The maximum absolute atomic E-state index is 12.0. The molecule has 0 saturated heterocycles. The van der Waals surface area contributed by atoms with E-state index in [1.807, 2.05) is 12.1 Å². The van der Waals surface area contributed by atoms with Crippen LogP contribution in [0.1, 0.15) is 26.3 Å². The maximum atomic E-state index is 12.0. The van der Waals surface area contributed by atoms with Crippen LogP contribution in [0.3, 0.4) is 0 Å². The summed E-state index contributed by atoms with van der Waals surface area (Å²) in [6, 6.07) is 13.8. The second kappa shape index (κ2) is 8.43. The number of ketones is 1. The van der Waals surface area contributed by atoms with Crippen molar-refractivity contribution in [2.75, 3.05) is 13.1 Å². The molecule has 2 aromatic rings. The van der Waals surface area contributed by atoms with Gasteiger partial charge in [-0.1, -0.05) is 35.9 Å².